The van der Waals surface area contributed by atoms with Crippen LogP contribution in [-0.2, 0) is 10.0 Å². The predicted molar refractivity (Wildman–Crippen MR) is 78.1 cm³/mol. The summed E-state index contributed by atoms with van der Waals surface area (Å²) >= 11 is 1.78. The lowest BCUT2D eigenvalue weighted by molar-refractivity contribution is 0.393. The van der Waals surface area contributed by atoms with Gasteiger partial charge >= 0.3 is 0 Å². The van der Waals surface area contributed by atoms with Crippen molar-refractivity contribution in [3.63, 3.8) is 0 Å². The van der Waals surface area contributed by atoms with E-state index in [1.54, 1.807) is 24.9 Å². The Hall–Kier alpha value is -0.920. The van der Waals surface area contributed by atoms with E-state index in [4.69, 9.17) is 10.5 Å². The Balaban J connectivity index is 2.33. The maximum atomic E-state index is 12.5. The third-order valence-electron chi connectivity index (χ3n) is 3.30. The molecule has 2 N–H and O–H groups in total. The third-order valence-corrected chi connectivity index (χ3v) is 6.35. The molecule has 7 heteroatoms. The van der Waals surface area contributed by atoms with Gasteiger partial charge in [0.25, 0.3) is 0 Å². The van der Waals surface area contributed by atoms with E-state index in [2.05, 4.69) is 0 Å². The highest BCUT2D eigenvalue weighted by Gasteiger charge is 2.30. The molecule has 19 heavy (non-hydrogen) atoms. The number of nitrogen functional groups attached to an aromatic ring is 1. The quantitative estimate of drug-likeness (QED) is 0.851. The number of methoxy groups -OCH3 is 1. The van der Waals surface area contributed by atoms with Crippen molar-refractivity contribution in [1.29, 1.82) is 0 Å². The zero-order valence-corrected chi connectivity index (χ0v) is 12.6. The number of anilines is 1. The van der Waals surface area contributed by atoms with Crippen molar-refractivity contribution in [2.75, 3.05) is 31.4 Å². The Morgan fingerprint density at radius 3 is 2.79 bits per heavy atom. The second-order valence-electron chi connectivity index (χ2n) is 4.44. The van der Waals surface area contributed by atoms with Gasteiger partial charge in [0.2, 0.25) is 10.0 Å². The van der Waals surface area contributed by atoms with Crippen LogP contribution in [0.1, 0.15) is 6.42 Å². The van der Waals surface area contributed by atoms with E-state index in [0.717, 1.165) is 17.9 Å². The first-order valence-corrected chi connectivity index (χ1v) is 8.55. The molecule has 1 atom stereocenters. The summed E-state index contributed by atoms with van der Waals surface area (Å²) in [5.41, 5.74) is 6.14. The van der Waals surface area contributed by atoms with Crippen LogP contribution in [0.5, 0.6) is 5.75 Å². The van der Waals surface area contributed by atoms with Crippen LogP contribution >= 0.6 is 11.8 Å². The Bertz CT molecular complexity index is 554. The lowest BCUT2D eigenvalue weighted by Crippen LogP contribution is -2.36. The predicted octanol–water partition coefficient (Wildman–Crippen LogP) is 1.40. The highest BCUT2D eigenvalue weighted by atomic mass is 32.2. The first-order chi connectivity index (χ1) is 8.96. The molecule has 0 aromatic heterocycles. The summed E-state index contributed by atoms with van der Waals surface area (Å²) in [6.45, 7) is 0. The van der Waals surface area contributed by atoms with Crippen LogP contribution in [0.25, 0.3) is 0 Å². The molecule has 1 saturated heterocycles. The van der Waals surface area contributed by atoms with Crippen LogP contribution in [0.2, 0.25) is 0 Å². The first kappa shape index (κ1) is 14.5. The average Bonchev–Trinajstić information content (AvgIpc) is 2.91. The molecular weight excluding hydrogens is 284 g/mol. The zero-order chi connectivity index (χ0) is 14.0. The molecule has 1 aliphatic rings. The van der Waals surface area contributed by atoms with Gasteiger partial charge in [-0.05, 0) is 24.3 Å². The number of rotatable bonds is 4. The van der Waals surface area contributed by atoms with E-state index in [0.29, 0.717) is 11.4 Å². The summed E-state index contributed by atoms with van der Waals surface area (Å²) < 4.78 is 31.6. The van der Waals surface area contributed by atoms with Gasteiger partial charge in [-0.1, -0.05) is 0 Å². The van der Waals surface area contributed by atoms with Crippen molar-refractivity contribution < 1.29 is 13.2 Å². The number of benzene rings is 1. The lowest BCUT2D eigenvalue weighted by atomic mass is 10.3. The zero-order valence-electron chi connectivity index (χ0n) is 11.0. The fourth-order valence-corrected chi connectivity index (χ4v) is 4.79. The van der Waals surface area contributed by atoms with E-state index in [1.807, 2.05) is 0 Å². The fraction of sp³-hybridized carbons (Fsp3) is 0.500. The minimum atomic E-state index is -3.49. The maximum Gasteiger partial charge on any atom is 0.243 e. The molecule has 1 fully saturated rings. The third kappa shape index (κ3) is 2.82. The summed E-state index contributed by atoms with van der Waals surface area (Å²) in [6.07, 6.45) is 0.895. The molecule has 5 nitrogen and oxygen atoms in total. The van der Waals surface area contributed by atoms with Crippen molar-refractivity contribution in [3.05, 3.63) is 18.2 Å². The topological polar surface area (TPSA) is 72.6 Å². The molecule has 0 amide bonds. The number of hydrogen-bond donors (Lipinski definition) is 1. The van der Waals surface area contributed by atoms with Gasteiger partial charge < -0.3 is 10.5 Å². The molecule has 0 spiro atoms. The summed E-state index contributed by atoms with van der Waals surface area (Å²) in [7, 11) is -0.382. The number of ether oxygens (including phenoxy) is 1. The number of nitrogens with two attached hydrogens (primary N) is 1. The van der Waals surface area contributed by atoms with Crippen molar-refractivity contribution in [2.45, 2.75) is 17.4 Å². The first-order valence-electron chi connectivity index (χ1n) is 5.96. The van der Waals surface area contributed by atoms with Crippen LogP contribution < -0.4 is 10.5 Å². The summed E-state index contributed by atoms with van der Waals surface area (Å²) in [6, 6.07) is 4.62. The Morgan fingerprint density at radius 2 is 2.21 bits per heavy atom. The van der Waals surface area contributed by atoms with Crippen LogP contribution in [0, 0.1) is 0 Å². The molecule has 1 heterocycles. The summed E-state index contributed by atoms with van der Waals surface area (Å²) in [5, 5.41) is 0. The van der Waals surface area contributed by atoms with Crippen LogP contribution in [0.15, 0.2) is 23.1 Å². The highest BCUT2D eigenvalue weighted by Crippen LogP contribution is 2.29. The van der Waals surface area contributed by atoms with Gasteiger partial charge in [-0.15, -0.1) is 0 Å². The van der Waals surface area contributed by atoms with E-state index in [9.17, 15) is 8.42 Å². The summed E-state index contributed by atoms with van der Waals surface area (Å²) in [4.78, 5) is 0.220. The van der Waals surface area contributed by atoms with Crippen LogP contribution in [-0.4, -0.2) is 44.4 Å². The largest absolute Gasteiger partial charge is 0.495 e. The van der Waals surface area contributed by atoms with Crippen LogP contribution in [0.3, 0.4) is 0 Å². The van der Waals surface area contributed by atoms with Gasteiger partial charge in [-0.3, -0.25) is 0 Å². The fourth-order valence-electron chi connectivity index (χ4n) is 2.02. The number of hydrogen-bond acceptors (Lipinski definition) is 5. The van der Waals surface area contributed by atoms with E-state index in [-0.39, 0.29) is 10.9 Å². The molecule has 1 aliphatic heterocycles. The molecule has 1 aromatic carbocycles. The van der Waals surface area contributed by atoms with Gasteiger partial charge in [0, 0.05) is 24.9 Å². The van der Waals surface area contributed by atoms with Crippen molar-refractivity contribution in [3.8, 4) is 5.75 Å². The second-order valence-corrected chi connectivity index (χ2v) is 7.59. The van der Waals surface area contributed by atoms with Gasteiger partial charge in [0.05, 0.1) is 17.7 Å². The molecule has 2 rings (SSSR count). The molecular formula is C12H18N2O3S2. The number of thioether (sulfide) groups is 1. The van der Waals surface area contributed by atoms with Crippen molar-refractivity contribution >= 4 is 27.5 Å². The second kappa shape index (κ2) is 5.60. The molecule has 0 saturated carbocycles. The van der Waals surface area contributed by atoms with Gasteiger partial charge in [0.15, 0.2) is 0 Å². The van der Waals surface area contributed by atoms with Gasteiger partial charge in [-0.2, -0.15) is 16.1 Å². The van der Waals surface area contributed by atoms with Crippen LogP contribution in [0.4, 0.5) is 5.69 Å². The van der Waals surface area contributed by atoms with Crippen molar-refractivity contribution in [1.82, 2.24) is 4.31 Å². The van der Waals surface area contributed by atoms with E-state index in [1.165, 1.54) is 23.5 Å². The Morgan fingerprint density at radius 1 is 1.47 bits per heavy atom. The smallest absolute Gasteiger partial charge is 0.243 e. The maximum absolute atomic E-state index is 12.5. The normalized spacial score (nSPS) is 19.8. The Labute approximate surface area is 118 Å². The highest BCUT2D eigenvalue weighted by molar-refractivity contribution is 7.99. The standard InChI is InChI=1S/C12H18N2O3S2/c1-14(9-5-6-18-8-9)19(15,16)10-3-4-11(13)12(7-10)17-2/h3-4,7,9H,5-6,8,13H2,1-2H3. The molecule has 1 unspecified atom stereocenters. The minimum absolute atomic E-state index is 0.0681. The van der Waals surface area contributed by atoms with Gasteiger partial charge in [0.1, 0.15) is 5.75 Å². The van der Waals surface area contributed by atoms with E-state index >= 15 is 0 Å². The average molecular weight is 302 g/mol. The number of nitrogens with zero attached hydrogens (tertiary/aromatic N) is 1. The monoisotopic (exact) mass is 302 g/mol. The Kier molecular flexibility index (Phi) is 4.27. The molecule has 0 bridgehead atoms. The molecule has 1 aromatic rings. The van der Waals surface area contributed by atoms with Gasteiger partial charge in [-0.25, -0.2) is 8.42 Å². The minimum Gasteiger partial charge on any atom is -0.495 e. The molecule has 0 aliphatic carbocycles. The number of sulfonamides is 1. The molecule has 106 valence electrons. The SMILES string of the molecule is COc1cc(S(=O)(=O)N(C)C2CCSC2)ccc1N. The molecule has 0 radical (unpaired) electrons. The summed E-state index contributed by atoms with van der Waals surface area (Å²) in [5.74, 6) is 2.24. The van der Waals surface area contributed by atoms with E-state index < -0.39 is 10.0 Å². The van der Waals surface area contributed by atoms with Crippen molar-refractivity contribution in [2.24, 2.45) is 0 Å². The lowest BCUT2D eigenvalue weighted by Gasteiger charge is -2.23.